The van der Waals surface area contributed by atoms with Gasteiger partial charge in [-0.25, -0.2) is 4.39 Å². The molecular formula is C17H26FNO. The summed E-state index contributed by atoms with van der Waals surface area (Å²) in [5, 5.41) is 3.41. The van der Waals surface area contributed by atoms with E-state index in [1.807, 2.05) is 19.2 Å². The zero-order valence-corrected chi connectivity index (χ0v) is 13.0. The van der Waals surface area contributed by atoms with Gasteiger partial charge in [-0.1, -0.05) is 32.4 Å². The van der Waals surface area contributed by atoms with E-state index in [0.717, 1.165) is 5.56 Å². The van der Waals surface area contributed by atoms with Gasteiger partial charge in [0, 0.05) is 6.04 Å². The molecule has 1 N–H and O–H groups in total. The van der Waals surface area contributed by atoms with Crippen molar-refractivity contribution in [3.63, 3.8) is 0 Å². The molecule has 0 saturated heterocycles. The van der Waals surface area contributed by atoms with E-state index in [0.29, 0.717) is 29.5 Å². The fourth-order valence-electron chi connectivity index (χ4n) is 3.65. The van der Waals surface area contributed by atoms with Crippen molar-refractivity contribution in [3.05, 3.63) is 29.6 Å². The van der Waals surface area contributed by atoms with Crippen LogP contribution in [0.3, 0.4) is 0 Å². The fraction of sp³-hybridized carbons (Fsp3) is 0.647. The highest BCUT2D eigenvalue weighted by Gasteiger charge is 2.39. The van der Waals surface area contributed by atoms with E-state index < -0.39 is 0 Å². The first-order valence-corrected chi connectivity index (χ1v) is 7.48. The Balaban J connectivity index is 2.19. The number of methoxy groups -OCH3 is 1. The van der Waals surface area contributed by atoms with Crippen molar-refractivity contribution in [1.29, 1.82) is 0 Å². The van der Waals surface area contributed by atoms with Crippen molar-refractivity contribution < 1.29 is 9.13 Å². The molecule has 1 aromatic carbocycles. The molecule has 0 spiro atoms. The Bertz CT molecular complexity index is 458. The van der Waals surface area contributed by atoms with Crippen LogP contribution in [-0.4, -0.2) is 20.2 Å². The molecule has 2 nitrogen and oxygen atoms in total. The van der Waals surface area contributed by atoms with Crippen LogP contribution in [0.4, 0.5) is 4.39 Å². The molecule has 0 bridgehead atoms. The van der Waals surface area contributed by atoms with E-state index >= 15 is 0 Å². The van der Waals surface area contributed by atoms with Crippen LogP contribution >= 0.6 is 0 Å². The lowest BCUT2D eigenvalue weighted by atomic mass is 9.76. The van der Waals surface area contributed by atoms with Crippen molar-refractivity contribution in [2.24, 2.45) is 11.3 Å². The van der Waals surface area contributed by atoms with Crippen molar-refractivity contribution in [2.45, 2.75) is 45.6 Å². The van der Waals surface area contributed by atoms with Gasteiger partial charge in [-0.05, 0) is 49.3 Å². The Kier molecular flexibility index (Phi) is 4.69. The van der Waals surface area contributed by atoms with Crippen LogP contribution < -0.4 is 10.1 Å². The number of rotatable bonds is 5. The second-order valence-electron chi connectivity index (χ2n) is 6.52. The molecule has 2 rings (SSSR count). The third-order valence-corrected chi connectivity index (χ3v) is 4.90. The summed E-state index contributed by atoms with van der Waals surface area (Å²) in [5.41, 5.74) is 1.08. The van der Waals surface area contributed by atoms with Gasteiger partial charge in [-0.15, -0.1) is 0 Å². The van der Waals surface area contributed by atoms with Gasteiger partial charge < -0.3 is 10.1 Å². The van der Waals surface area contributed by atoms with Crippen LogP contribution in [0.5, 0.6) is 5.75 Å². The van der Waals surface area contributed by atoms with Crippen molar-refractivity contribution in [3.8, 4) is 5.75 Å². The number of nitrogens with one attached hydrogen (secondary N) is 1. The van der Waals surface area contributed by atoms with E-state index in [4.69, 9.17) is 4.74 Å². The normalized spacial score (nSPS) is 22.8. The number of halogens is 1. The van der Waals surface area contributed by atoms with Crippen LogP contribution in [0, 0.1) is 17.2 Å². The summed E-state index contributed by atoms with van der Waals surface area (Å²) in [6, 6.07) is 5.72. The fourth-order valence-corrected chi connectivity index (χ4v) is 3.65. The molecule has 112 valence electrons. The first-order valence-electron chi connectivity index (χ1n) is 7.48. The Hall–Kier alpha value is -1.09. The lowest BCUT2D eigenvalue weighted by molar-refractivity contribution is 0.200. The summed E-state index contributed by atoms with van der Waals surface area (Å²) in [7, 11) is 3.50. The van der Waals surface area contributed by atoms with Crippen molar-refractivity contribution >= 4 is 0 Å². The van der Waals surface area contributed by atoms with E-state index in [1.165, 1.54) is 26.4 Å². The summed E-state index contributed by atoms with van der Waals surface area (Å²) in [5.74, 6) is 0.715. The minimum atomic E-state index is -0.217. The van der Waals surface area contributed by atoms with Crippen LogP contribution in [0.25, 0.3) is 0 Å². The number of benzene rings is 1. The summed E-state index contributed by atoms with van der Waals surface area (Å²) in [6.07, 6.45) is 4.48. The molecule has 0 amide bonds. The Morgan fingerprint density at radius 2 is 2.20 bits per heavy atom. The topological polar surface area (TPSA) is 21.3 Å². The zero-order chi connectivity index (χ0) is 14.8. The average Bonchev–Trinajstić information content (AvgIpc) is 2.77. The number of ether oxygens (including phenoxy) is 1. The first kappa shape index (κ1) is 15.3. The van der Waals surface area contributed by atoms with Gasteiger partial charge in [0.1, 0.15) is 0 Å². The van der Waals surface area contributed by atoms with Crippen LogP contribution in [0.15, 0.2) is 18.2 Å². The summed E-state index contributed by atoms with van der Waals surface area (Å²) >= 11 is 0. The molecule has 3 heteroatoms. The smallest absolute Gasteiger partial charge is 0.168 e. The van der Waals surface area contributed by atoms with Gasteiger partial charge in [0.15, 0.2) is 11.6 Å². The Morgan fingerprint density at radius 1 is 1.45 bits per heavy atom. The predicted molar refractivity (Wildman–Crippen MR) is 80.6 cm³/mol. The first-order chi connectivity index (χ1) is 9.49. The predicted octanol–water partition coefficient (Wildman–Crippen LogP) is 3.79. The maximum absolute atomic E-state index is 14.3. The lowest BCUT2D eigenvalue weighted by Crippen LogP contribution is -2.40. The second-order valence-corrected chi connectivity index (χ2v) is 6.52. The molecule has 0 radical (unpaired) electrons. The van der Waals surface area contributed by atoms with Gasteiger partial charge in [-0.2, -0.15) is 0 Å². The molecule has 2 unspecified atom stereocenters. The van der Waals surface area contributed by atoms with E-state index in [9.17, 15) is 4.39 Å². The molecule has 2 atom stereocenters. The molecule has 1 aromatic rings. The average molecular weight is 279 g/mol. The highest BCUT2D eigenvalue weighted by molar-refractivity contribution is 5.31. The van der Waals surface area contributed by atoms with Crippen LogP contribution in [0.2, 0.25) is 0 Å². The van der Waals surface area contributed by atoms with Crippen LogP contribution in [0.1, 0.15) is 38.7 Å². The molecule has 1 saturated carbocycles. The lowest BCUT2D eigenvalue weighted by Gasteiger charge is -2.34. The van der Waals surface area contributed by atoms with E-state index in [2.05, 4.69) is 19.2 Å². The Morgan fingerprint density at radius 3 is 2.75 bits per heavy atom. The summed E-state index contributed by atoms with van der Waals surface area (Å²) in [4.78, 5) is 0. The molecular weight excluding hydrogens is 253 g/mol. The third-order valence-electron chi connectivity index (χ3n) is 4.90. The summed E-state index contributed by atoms with van der Waals surface area (Å²) in [6.45, 7) is 4.66. The minimum absolute atomic E-state index is 0.217. The molecule has 0 aromatic heterocycles. The summed E-state index contributed by atoms with van der Waals surface area (Å²) < 4.78 is 19.4. The molecule has 1 fully saturated rings. The SMILES string of the molecule is CNC(Cc1cccc(OC)c1F)C1CCCC1(C)C. The van der Waals surface area contributed by atoms with Gasteiger partial charge >= 0.3 is 0 Å². The van der Waals surface area contributed by atoms with Crippen LogP contribution in [-0.2, 0) is 6.42 Å². The molecule has 1 aliphatic rings. The highest BCUT2D eigenvalue weighted by Crippen LogP contribution is 2.45. The number of hydrogen-bond donors (Lipinski definition) is 1. The Labute approximate surface area is 121 Å². The van der Waals surface area contributed by atoms with Gasteiger partial charge in [0.05, 0.1) is 7.11 Å². The highest BCUT2D eigenvalue weighted by atomic mass is 19.1. The van der Waals surface area contributed by atoms with E-state index in [-0.39, 0.29) is 5.82 Å². The van der Waals surface area contributed by atoms with E-state index in [1.54, 1.807) is 6.07 Å². The third kappa shape index (κ3) is 2.98. The molecule has 0 aliphatic heterocycles. The molecule has 20 heavy (non-hydrogen) atoms. The number of hydrogen-bond acceptors (Lipinski definition) is 2. The van der Waals surface area contributed by atoms with Crippen molar-refractivity contribution in [2.75, 3.05) is 14.2 Å². The standard InChI is InChI=1S/C17H26FNO/c1-17(2)10-6-8-13(17)14(19-3)11-12-7-5-9-15(20-4)16(12)18/h5,7,9,13-14,19H,6,8,10-11H2,1-4H3. The largest absolute Gasteiger partial charge is 0.494 e. The molecule has 1 aliphatic carbocycles. The van der Waals surface area contributed by atoms with Gasteiger partial charge in [0.25, 0.3) is 0 Å². The maximum Gasteiger partial charge on any atom is 0.168 e. The quantitative estimate of drug-likeness (QED) is 0.885. The minimum Gasteiger partial charge on any atom is -0.494 e. The van der Waals surface area contributed by atoms with Crippen molar-refractivity contribution in [1.82, 2.24) is 5.32 Å². The second kappa shape index (κ2) is 6.13. The molecule has 0 heterocycles. The number of likely N-dealkylation sites (N-methyl/N-ethyl adjacent to an activating group) is 1. The van der Waals surface area contributed by atoms with Gasteiger partial charge in [-0.3, -0.25) is 0 Å². The zero-order valence-electron chi connectivity index (χ0n) is 13.0. The maximum atomic E-state index is 14.3. The monoisotopic (exact) mass is 279 g/mol. The van der Waals surface area contributed by atoms with Gasteiger partial charge in [0.2, 0.25) is 0 Å².